The summed E-state index contributed by atoms with van der Waals surface area (Å²) in [6.07, 6.45) is 1.10. The van der Waals surface area contributed by atoms with Gasteiger partial charge >= 0.3 is 0 Å². The third kappa shape index (κ3) is 4.04. The Kier molecular flexibility index (Phi) is 4.93. The fraction of sp³-hybridized carbons (Fsp3) is 0.533. The zero-order valence-corrected chi connectivity index (χ0v) is 11.7. The number of benzene rings is 1. The van der Waals surface area contributed by atoms with Gasteiger partial charge in [-0.15, -0.1) is 0 Å². The Morgan fingerprint density at radius 3 is 3.05 bits per heavy atom. The molecule has 0 bridgehead atoms. The van der Waals surface area contributed by atoms with Crippen molar-refractivity contribution in [2.45, 2.75) is 19.4 Å². The molecule has 1 unspecified atom stereocenters. The monoisotopic (exact) mass is 262 g/mol. The van der Waals surface area contributed by atoms with Gasteiger partial charge in [-0.25, -0.2) is 0 Å². The third-order valence-corrected chi connectivity index (χ3v) is 3.40. The zero-order valence-electron chi connectivity index (χ0n) is 11.7. The highest BCUT2D eigenvalue weighted by molar-refractivity contribution is 5.94. The highest BCUT2D eigenvalue weighted by Gasteiger charge is 2.16. The number of aryl methyl sites for hydroxylation is 1. The summed E-state index contributed by atoms with van der Waals surface area (Å²) in [4.78, 5) is 14.0. The number of morpholine rings is 1. The summed E-state index contributed by atoms with van der Waals surface area (Å²) in [6.45, 7) is 5.29. The summed E-state index contributed by atoms with van der Waals surface area (Å²) >= 11 is 0. The van der Waals surface area contributed by atoms with E-state index in [1.165, 1.54) is 0 Å². The minimum atomic E-state index is 0.0764. The van der Waals surface area contributed by atoms with Gasteiger partial charge in [0.2, 0.25) is 0 Å². The fourth-order valence-corrected chi connectivity index (χ4v) is 2.24. The Morgan fingerprint density at radius 2 is 2.37 bits per heavy atom. The smallest absolute Gasteiger partial charge is 0.253 e. The molecule has 1 fully saturated rings. The summed E-state index contributed by atoms with van der Waals surface area (Å²) in [5, 5.41) is 3.30. The van der Waals surface area contributed by atoms with E-state index in [9.17, 15) is 4.79 Å². The van der Waals surface area contributed by atoms with E-state index in [2.05, 4.69) is 5.32 Å². The van der Waals surface area contributed by atoms with Crippen LogP contribution in [-0.2, 0) is 4.74 Å². The molecule has 0 aromatic heterocycles. The first-order valence-corrected chi connectivity index (χ1v) is 6.81. The lowest BCUT2D eigenvalue weighted by Crippen LogP contribution is -2.40. The lowest BCUT2D eigenvalue weighted by Gasteiger charge is -2.26. The molecule has 0 spiro atoms. The van der Waals surface area contributed by atoms with Gasteiger partial charge in [-0.2, -0.15) is 0 Å². The molecule has 1 aromatic carbocycles. The minimum absolute atomic E-state index is 0.0764. The quantitative estimate of drug-likeness (QED) is 0.893. The average molecular weight is 262 g/mol. The predicted octanol–water partition coefficient (Wildman–Crippen LogP) is 1.45. The van der Waals surface area contributed by atoms with Crippen LogP contribution < -0.4 is 5.32 Å². The maximum absolute atomic E-state index is 12.2. The van der Waals surface area contributed by atoms with Gasteiger partial charge in [-0.1, -0.05) is 17.7 Å². The standard InChI is InChI=1S/C15H22N2O2/c1-12-4-3-5-13(10-12)15(18)17(2)8-6-14-11-16-7-9-19-14/h3-5,10,14,16H,6-9,11H2,1-2H3. The van der Waals surface area contributed by atoms with E-state index in [1.54, 1.807) is 4.90 Å². The molecule has 4 nitrogen and oxygen atoms in total. The first-order chi connectivity index (χ1) is 9.16. The van der Waals surface area contributed by atoms with Crippen LogP contribution in [0.25, 0.3) is 0 Å². The molecule has 19 heavy (non-hydrogen) atoms. The van der Waals surface area contributed by atoms with Crippen molar-refractivity contribution < 1.29 is 9.53 Å². The lowest BCUT2D eigenvalue weighted by atomic mass is 10.1. The highest BCUT2D eigenvalue weighted by Crippen LogP contribution is 2.09. The van der Waals surface area contributed by atoms with Crippen molar-refractivity contribution in [1.29, 1.82) is 0 Å². The van der Waals surface area contributed by atoms with E-state index in [-0.39, 0.29) is 12.0 Å². The molecule has 1 atom stereocenters. The van der Waals surface area contributed by atoms with Gasteiger partial charge in [-0.05, 0) is 25.5 Å². The second kappa shape index (κ2) is 6.68. The van der Waals surface area contributed by atoms with Crippen LogP contribution in [0.2, 0.25) is 0 Å². The maximum atomic E-state index is 12.2. The number of nitrogens with zero attached hydrogens (tertiary/aromatic N) is 1. The minimum Gasteiger partial charge on any atom is -0.376 e. The molecule has 1 N–H and O–H groups in total. The topological polar surface area (TPSA) is 41.6 Å². The first-order valence-electron chi connectivity index (χ1n) is 6.81. The van der Waals surface area contributed by atoms with E-state index in [4.69, 9.17) is 4.74 Å². The molecule has 0 aliphatic carbocycles. The fourth-order valence-electron chi connectivity index (χ4n) is 2.24. The molecule has 1 aliphatic rings. The van der Waals surface area contributed by atoms with Crippen molar-refractivity contribution in [3.8, 4) is 0 Å². The summed E-state index contributed by atoms with van der Waals surface area (Å²) in [5.74, 6) is 0.0764. The van der Waals surface area contributed by atoms with Crippen LogP contribution >= 0.6 is 0 Å². The van der Waals surface area contributed by atoms with Gasteiger partial charge in [0.25, 0.3) is 5.91 Å². The molecule has 0 saturated carbocycles. The number of ether oxygens (including phenoxy) is 1. The Hall–Kier alpha value is -1.39. The SMILES string of the molecule is Cc1cccc(C(=O)N(C)CCC2CNCCO2)c1. The van der Waals surface area contributed by atoms with E-state index in [0.29, 0.717) is 0 Å². The van der Waals surface area contributed by atoms with Gasteiger partial charge in [0.1, 0.15) is 0 Å². The van der Waals surface area contributed by atoms with Crippen LogP contribution in [0.5, 0.6) is 0 Å². The molecule has 1 aromatic rings. The van der Waals surface area contributed by atoms with Crippen LogP contribution in [0.1, 0.15) is 22.3 Å². The Balaban J connectivity index is 1.85. The van der Waals surface area contributed by atoms with Crippen LogP contribution in [0, 0.1) is 6.92 Å². The average Bonchev–Trinajstić information content (AvgIpc) is 2.45. The van der Waals surface area contributed by atoms with Crippen molar-refractivity contribution in [2.24, 2.45) is 0 Å². The number of amides is 1. The second-order valence-electron chi connectivity index (χ2n) is 5.08. The normalized spacial score (nSPS) is 19.2. The van der Waals surface area contributed by atoms with Gasteiger partial charge in [0.15, 0.2) is 0 Å². The number of carbonyl (C=O) groups is 1. The molecule has 1 amide bonds. The largest absolute Gasteiger partial charge is 0.376 e. The molecule has 1 aliphatic heterocycles. The highest BCUT2D eigenvalue weighted by atomic mass is 16.5. The van der Waals surface area contributed by atoms with Crippen molar-refractivity contribution in [3.63, 3.8) is 0 Å². The summed E-state index contributed by atoms with van der Waals surface area (Å²) < 4.78 is 5.63. The Bertz CT molecular complexity index is 428. The van der Waals surface area contributed by atoms with E-state index >= 15 is 0 Å². The summed E-state index contributed by atoms with van der Waals surface area (Å²) in [7, 11) is 1.85. The molecule has 104 valence electrons. The van der Waals surface area contributed by atoms with E-state index < -0.39 is 0 Å². The Labute approximate surface area is 114 Å². The van der Waals surface area contributed by atoms with Gasteiger partial charge in [0, 0.05) is 32.2 Å². The van der Waals surface area contributed by atoms with Crippen LogP contribution in [0.3, 0.4) is 0 Å². The van der Waals surface area contributed by atoms with Gasteiger partial charge < -0.3 is 15.0 Å². The summed E-state index contributed by atoms with van der Waals surface area (Å²) in [5.41, 5.74) is 1.87. The maximum Gasteiger partial charge on any atom is 0.253 e. The molecular weight excluding hydrogens is 240 g/mol. The summed E-state index contributed by atoms with van der Waals surface area (Å²) in [6, 6.07) is 7.71. The van der Waals surface area contributed by atoms with Crippen molar-refractivity contribution in [3.05, 3.63) is 35.4 Å². The lowest BCUT2D eigenvalue weighted by molar-refractivity contribution is 0.0187. The van der Waals surface area contributed by atoms with Crippen molar-refractivity contribution >= 4 is 5.91 Å². The number of rotatable bonds is 4. The van der Waals surface area contributed by atoms with Crippen molar-refractivity contribution in [2.75, 3.05) is 33.3 Å². The molecule has 0 radical (unpaired) electrons. The zero-order chi connectivity index (χ0) is 13.7. The van der Waals surface area contributed by atoms with Crippen LogP contribution in [0.15, 0.2) is 24.3 Å². The van der Waals surface area contributed by atoms with E-state index in [1.807, 2.05) is 38.2 Å². The van der Waals surface area contributed by atoms with Crippen LogP contribution in [-0.4, -0.2) is 50.2 Å². The molecule has 4 heteroatoms. The van der Waals surface area contributed by atoms with Crippen LogP contribution in [0.4, 0.5) is 0 Å². The predicted molar refractivity (Wildman–Crippen MR) is 75.4 cm³/mol. The molecular formula is C15H22N2O2. The number of hydrogen-bond donors (Lipinski definition) is 1. The molecule has 1 saturated heterocycles. The molecule has 2 rings (SSSR count). The first kappa shape index (κ1) is 14.0. The number of carbonyl (C=O) groups excluding carboxylic acids is 1. The second-order valence-corrected chi connectivity index (χ2v) is 5.08. The number of hydrogen-bond acceptors (Lipinski definition) is 3. The van der Waals surface area contributed by atoms with Gasteiger partial charge in [-0.3, -0.25) is 4.79 Å². The number of nitrogens with one attached hydrogen (secondary N) is 1. The Morgan fingerprint density at radius 1 is 1.53 bits per heavy atom. The van der Waals surface area contributed by atoms with Gasteiger partial charge in [0.05, 0.1) is 12.7 Å². The van der Waals surface area contributed by atoms with Crippen molar-refractivity contribution in [1.82, 2.24) is 10.2 Å². The third-order valence-electron chi connectivity index (χ3n) is 3.40. The van der Waals surface area contributed by atoms with E-state index in [0.717, 1.165) is 43.8 Å². The molecule has 1 heterocycles.